The number of nitrogens with one attached hydrogen (secondary N) is 2. The van der Waals surface area contributed by atoms with Gasteiger partial charge in [-0.15, -0.1) is 5.10 Å². The van der Waals surface area contributed by atoms with Gasteiger partial charge in [0.1, 0.15) is 5.69 Å². The first-order valence-corrected chi connectivity index (χ1v) is 11.8. The summed E-state index contributed by atoms with van der Waals surface area (Å²) >= 11 is 7.37. The van der Waals surface area contributed by atoms with E-state index in [0.29, 0.717) is 11.6 Å². The molecule has 0 aliphatic rings. The number of aromatic nitrogens is 3. The van der Waals surface area contributed by atoms with Crippen LogP contribution in [0.15, 0.2) is 54.6 Å². The molecule has 2 heterocycles. The average molecular weight is 483 g/mol. The number of carbonyl (C=O) groups is 1. The second-order valence-corrected chi connectivity index (χ2v) is 10.3. The number of benzene rings is 2. The minimum Gasteiger partial charge on any atom is -0.364 e. The van der Waals surface area contributed by atoms with Gasteiger partial charge >= 0.3 is 0 Å². The fourth-order valence-electron chi connectivity index (χ4n) is 3.30. The summed E-state index contributed by atoms with van der Waals surface area (Å²) in [6.45, 7) is 6.95. The van der Waals surface area contributed by atoms with Crippen molar-refractivity contribution in [2.45, 2.75) is 32.9 Å². The molecule has 2 N–H and O–H groups in total. The Kier molecular flexibility index (Phi) is 6.58. The highest BCUT2D eigenvalue weighted by Gasteiger charge is 2.23. The first-order valence-electron chi connectivity index (χ1n) is 10.6. The summed E-state index contributed by atoms with van der Waals surface area (Å²) in [7, 11) is 1.86. The Morgan fingerprint density at radius 1 is 1.12 bits per heavy atom. The predicted molar refractivity (Wildman–Crippen MR) is 136 cm³/mol. The van der Waals surface area contributed by atoms with Gasteiger partial charge in [0.2, 0.25) is 16.0 Å². The molecule has 4 rings (SSSR count). The number of likely N-dealkylation sites (N-methyl/N-ethyl adjacent to an activating group) is 1. The van der Waals surface area contributed by atoms with E-state index in [2.05, 4.69) is 31.4 Å². The molecule has 0 atom stereocenters. The van der Waals surface area contributed by atoms with Gasteiger partial charge in [-0.1, -0.05) is 65.4 Å². The van der Waals surface area contributed by atoms with E-state index in [1.807, 2.05) is 71.1 Å². The van der Waals surface area contributed by atoms with Crippen molar-refractivity contribution in [3.63, 3.8) is 0 Å². The quantitative estimate of drug-likeness (QED) is 0.384. The third-order valence-corrected chi connectivity index (χ3v) is 6.12. The first-order chi connectivity index (χ1) is 15.7. The molecule has 0 spiro atoms. The molecule has 1 amide bonds. The van der Waals surface area contributed by atoms with E-state index in [-0.39, 0.29) is 18.0 Å². The van der Waals surface area contributed by atoms with Crippen LogP contribution in [0.5, 0.6) is 0 Å². The highest BCUT2D eigenvalue weighted by molar-refractivity contribution is 7.20. The van der Waals surface area contributed by atoms with Gasteiger partial charge < -0.3 is 15.5 Å². The van der Waals surface area contributed by atoms with Crippen molar-refractivity contribution in [3.05, 3.63) is 65.2 Å². The number of imidazole rings is 1. The molecule has 9 heteroatoms. The molecule has 0 aliphatic heterocycles. The molecule has 0 saturated heterocycles. The van der Waals surface area contributed by atoms with Gasteiger partial charge in [-0.2, -0.15) is 4.52 Å². The number of amides is 1. The molecule has 0 bridgehead atoms. The van der Waals surface area contributed by atoms with Crippen molar-refractivity contribution in [2.24, 2.45) is 0 Å². The number of halogens is 1. The fraction of sp³-hybridized carbons (Fsp3) is 0.292. The molecule has 0 radical (unpaired) electrons. The van der Waals surface area contributed by atoms with Crippen molar-refractivity contribution in [1.82, 2.24) is 19.9 Å². The van der Waals surface area contributed by atoms with E-state index in [1.54, 1.807) is 0 Å². The van der Waals surface area contributed by atoms with E-state index in [0.717, 1.165) is 32.7 Å². The zero-order valence-electron chi connectivity index (χ0n) is 19.1. The lowest BCUT2D eigenvalue weighted by atomic mass is 10.1. The number of anilines is 2. The van der Waals surface area contributed by atoms with Crippen LogP contribution in [0.4, 0.5) is 10.9 Å². The Morgan fingerprint density at radius 2 is 1.82 bits per heavy atom. The molecule has 2 aromatic heterocycles. The van der Waals surface area contributed by atoms with Gasteiger partial charge in [-0.25, -0.2) is 4.98 Å². The first kappa shape index (κ1) is 23.1. The summed E-state index contributed by atoms with van der Waals surface area (Å²) in [5.74, 6) is 0.755. The second kappa shape index (κ2) is 9.41. The van der Waals surface area contributed by atoms with E-state index in [9.17, 15) is 4.79 Å². The molecule has 0 unspecified atom stereocenters. The largest absolute Gasteiger partial charge is 0.364 e. The van der Waals surface area contributed by atoms with E-state index in [1.165, 1.54) is 11.3 Å². The Morgan fingerprint density at radius 3 is 2.48 bits per heavy atom. The smallest absolute Gasteiger partial charge is 0.239 e. The minimum atomic E-state index is -0.170. The highest BCUT2D eigenvalue weighted by atomic mass is 35.5. The molecule has 0 fully saturated rings. The summed E-state index contributed by atoms with van der Waals surface area (Å²) in [6, 6.07) is 17.5. The van der Waals surface area contributed by atoms with Crippen molar-refractivity contribution >= 4 is 44.8 Å². The van der Waals surface area contributed by atoms with Crippen LogP contribution in [-0.2, 0) is 11.3 Å². The zero-order valence-corrected chi connectivity index (χ0v) is 20.7. The Bertz CT molecular complexity index is 1240. The number of fused-ring (bicyclic) bond motifs is 1. The van der Waals surface area contributed by atoms with Crippen molar-refractivity contribution in [2.75, 3.05) is 23.8 Å². The molecule has 0 saturated carbocycles. The average Bonchev–Trinajstić information content (AvgIpc) is 3.32. The van der Waals surface area contributed by atoms with Crippen LogP contribution in [0.2, 0.25) is 5.02 Å². The fourth-order valence-corrected chi connectivity index (χ4v) is 4.29. The van der Waals surface area contributed by atoms with Crippen LogP contribution in [-0.4, -0.2) is 39.6 Å². The van der Waals surface area contributed by atoms with Gasteiger partial charge in [0.25, 0.3) is 0 Å². The van der Waals surface area contributed by atoms with Crippen molar-refractivity contribution in [3.8, 4) is 11.3 Å². The summed E-state index contributed by atoms with van der Waals surface area (Å²) in [4.78, 5) is 19.9. The van der Waals surface area contributed by atoms with Crippen molar-refractivity contribution < 1.29 is 4.79 Å². The third-order valence-electron chi connectivity index (χ3n) is 4.84. The number of hydrogen-bond acceptors (Lipinski definition) is 6. The van der Waals surface area contributed by atoms with Gasteiger partial charge in [-0.3, -0.25) is 4.79 Å². The Labute approximate surface area is 202 Å². The van der Waals surface area contributed by atoms with Crippen LogP contribution in [0.25, 0.3) is 16.2 Å². The molecule has 0 aliphatic carbocycles. The molecule has 2 aromatic carbocycles. The summed E-state index contributed by atoms with van der Waals surface area (Å²) < 4.78 is 1.83. The van der Waals surface area contributed by atoms with Crippen LogP contribution in [0.1, 0.15) is 26.3 Å². The SMILES string of the molecule is CN(CC(=O)NCc1ccc(Cl)cc1)c1nn2c(NC(C)(C)C)c(-c3ccccc3)nc2s1. The predicted octanol–water partition coefficient (Wildman–Crippen LogP) is 5.07. The molecular formula is C24H27ClN6OS. The lowest BCUT2D eigenvalue weighted by molar-refractivity contribution is -0.119. The second-order valence-electron chi connectivity index (χ2n) is 8.89. The number of carbonyl (C=O) groups excluding carboxylic acids is 1. The molecule has 7 nitrogen and oxygen atoms in total. The summed E-state index contributed by atoms with van der Waals surface area (Å²) in [5, 5.41) is 12.6. The van der Waals surface area contributed by atoms with Crippen molar-refractivity contribution in [1.29, 1.82) is 0 Å². The van der Waals surface area contributed by atoms with Gasteiger partial charge in [0, 0.05) is 29.7 Å². The minimum absolute atomic E-state index is 0.0849. The van der Waals surface area contributed by atoms with Crippen LogP contribution >= 0.6 is 22.9 Å². The lowest BCUT2D eigenvalue weighted by Gasteiger charge is -2.22. The van der Waals surface area contributed by atoms with E-state index in [4.69, 9.17) is 21.7 Å². The number of hydrogen-bond donors (Lipinski definition) is 2. The molecular weight excluding hydrogens is 456 g/mol. The van der Waals surface area contributed by atoms with Crippen LogP contribution < -0.4 is 15.5 Å². The maximum atomic E-state index is 12.5. The maximum absolute atomic E-state index is 12.5. The normalized spacial score (nSPS) is 11.5. The monoisotopic (exact) mass is 482 g/mol. The Hall–Kier alpha value is -3.10. The lowest BCUT2D eigenvalue weighted by Crippen LogP contribution is -2.34. The standard InChI is InChI=1S/C24H27ClN6OS/c1-24(2,3)28-21-20(17-8-6-5-7-9-17)27-22-31(21)29-23(33-22)30(4)15-19(32)26-14-16-10-12-18(25)13-11-16/h5-13,28H,14-15H2,1-4H3,(H,26,32). The third kappa shape index (κ3) is 5.64. The Balaban J connectivity index is 1.52. The van der Waals surface area contributed by atoms with E-state index >= 15 is 0 Å². The summed E-state index contributed by atoms with van der Waals surface area (Å²) in [5.41, 5.74) is 2.71. The topological polar surface area (TPSA) is 74.6 Å². The maximum Gasteiger partial charge on any atom is 0.239 e. The van der Waals surface area contributed by atoms with Crippen LogP contribution in [0.3, 0.4) is 0 Å². The summed E-state index contributed by atoms with van der Waals surface area (Å²) in [6.07, 6.45) is 0. The van der Waals surface area contributed by atoms with Gasteiger partial charge in [0.15, 0.2) is 5.82 Å². The number of rotatable bonds is 7. The van der Waals surface area contributed by atoms with E-state index < -0.39 is 0 Å². The highest BCUT2D eigenvalue weighted by Crippen LogP contribution is 2.34. The van der Waals surface area contributed by atoms with Crippen LogP contribution in [0, 0.1) is 0 Å². The van der Waals surface area contributed by atoms with Gasteiger partial charge in [-0.05, 0) is 38.5 Å². The van der Waals surface area contributed by atoms with Gasteiger partial charge in [0.05, 0.1) is 6.54 Å². The zero-order chi connectivity index (χ0) is 23.6. The molecule has 172 valence electrons. The molecule has 33 heavy (non-hydrogen) atoms. The molecule has 4 aromatic rings. The number of nitrogens with zero attached hydrogens (tertiary/aromatic N) is 4.